The average molecular weight is 328 g/mol. The number of carbonyl (C=O) groups excluding carboxylic acids is 1. The van der Waals surface area contributed by atoms with Gasteiger partial charge < -0.3 is 10.4 Å². The normalized spacial score (nSPS) is 10.1. The molecule has 0 spiro atoms. The summed E-state index contributed by atoms with van der Waals surface area (Å²) in [6, 6.07) is 6.41. The van der Waals surface area contributed by atoms with Gasteiger partial charge in [-0.2, -0.15) is 0 Å². The third-order valence-corrected chi connectivity index (χ3v) is 3.40. The Bertz CT molecular complexity index is 604. The number of amides is 1. The lowest BCUT2D eigenvalue weighted by atomic mass is 10.2. The van der Waals surface area contributed by atoms with Crippen LogP contribution in [0.25, 0.3) is 0 Å². The van der Waals surface area contributed by atoms with Crippen molar-refractivity contribution in [3.05, 3.63) is 51.7 Å². The second-order valence-electron chi connectivity index (χ2n) is 3.51. The van der Waals surface area contributed by atoms with Crippen molar-refractivity contribution in [2.45, 2.75) is 0 Å². The van der Waals surface area contributed by atoms with E-state index in [1.165, 1.54) is 18.5 Å². The monoisotopic (exact) mass is 326 g/mol. The molecule has 1 heterocycles. The van der Waals surface area contributed by atoms with Gasteiger partial charge in [-0.05, 0) is 40.2 Å². The molecule has 0 saturated heterocycles. The SMILES string of the molecule is O=C(Nc1ccc(Br)c(Cl)c1)c1cncc(O)c1. The van der Waals surface area contributed by atoms with E-state index >= 15 is 0 Å². The van der Waals surface area contributed by atoms with Gasteiger partial charge in [0.15, 0.2) is 0 Å². The molecule has 2 aromatic rings. The Labute approximate surface area is 117 Å². The number of aromatic nitrogens is 1. The lowest BCUT2D eigenvalue weighted by Crippen LogP contribution is -2.11. The maximum absolute atomic E-state index is 11.8. The summed E-state index contributed by atoms with van der Waals surface area (Å²) in [6.07, 6.45) is 2.63. The van der Waals surface area contributed by atoms with Gasteiger partial charge >= 0.3 is 0 Å². The number of hydrogen-bond acceptors (Lipinski definition) is 3. The number of halogens is 2. The minimum atomic E-state index is -0.364. The van der Waals surface area contributed by atoms with E-state index in [2.05, 4.69) is 26.2 Å². The van der Waals surface area contributed by atoms with Crippen LogP contribution in [0, 0.1) is 0 Å². The molecule has 0 bridgehead atoms. The van der Waals surface area contributed by atoms with Gasteiger partial charge in [-0.25, -0.2) is 0 Å². The van der Waals surface area contributed by atoms with Gasteiger partial charge in [-0.3, -0.25) is 9.78 Å². The van der Waals surface area contributed by atoms with Crippen LogP contribution in [0.4, 0.5) is 5.69 Å². The van der Waals surface area contributed by atoms with Gasteiger partial charge in [0.05, 0.1) is 16.8 Å². The van der Waals surface area contributed by atoms with Crippen LogP contribution in [0.1, 0.15) is 10.4 Å². The standard InChI is InChI=1S/C12H8BrClN2O2/c13-10-2-1-8(4-11(10)14)16-12(18)7-3-9(17)6-15-5-7/h1-6,17H,(H,16,18). The van der Waals surface area contributed by atoms with E-state index in [-0.39, 0.29) is 17.2 Å². The number of anilines is 1. The molecule has 1 aromatic carbocycles. The lowest BCUT2D eigenvalue weighted by molar-refractivity contribution is 0.102. The number of hydrogen-bond donors (Lipinski definition) is 2. The van der Waals surface area contributed by atoms with E-state index in [1.807, 2.05) is 0 Å². The van der Waals surface area contributed by atoms with Crippen molar-refractivity contribution in [1.29, 1.82) is 0 Å². The number of aromatic hydroxyl groups is 1. The number of nitrogens with one attached hydrogen (secondary N) is 1. The van der Waals surface area contributed by atoms with Gasteiger partial charge in [0, 0.05) is 16.4 Å². The fourth-order valence-corrected chi connectivity index (χ4v) is 1.76. The number of pyridine rings is 1. The van der Waals surface area contributed by atoms with Crippen LogP contribution < -0.4 is 5.32 Å². The first-order valence-electron chi connectivity index (χ1n) is 4.96. The van der Waals surface area contributed by atoms with Gasteiger partial charge in [-0.15, -0.1) is 0 Å². The topological polar surface area (TPSA) is 62.2 Å². The van der Waals surface area contributed by atoms with Crippen LogP contribution in [0.5, 0.6) is 5.75 Å². The van der Waals surface area contributed by atoms with Crippen LogP contribution in [0.2, 0.25) is 5.02 Å². The molecule has 2 N–H and O–H groups in total. The molecule has 0 aliphatic rings. The molecule has 0 aliphatic heterocycles. The maximum Gasteiger partial charge on any atom is 0.257 e. The largest absolute Gasteiger partial charge is 0.506 e. The zero-order valence-electron chi connectivity index (χ0n) is 9.02. The highest BCUT2D eigenvalue weighted by Gasteiger charge is 2.08. The van der Waals surface area contributed by atoms with E-state index in [0.29, 0.717) is 10.7 Å². The van der Waals surface area contributed by atoms with E-state index < -0.39 is 0 Å². The summed E-state index contributed by atoms with van der Waals surface area (Å²) in [4.78, 5) is 15.6. The summed E-state index contributed by atoms with van der Waals surface area (Å²) in [5.74, 6) is -0.423. The predicted molar refractivity (Wildman–Crippen MR) is 73.0 cm³/mol. The summed E-state index contributed by atoms with van der Waals surface area (Å²) < 4.78 is 0.751. The van der Waals surface area contributed by atoms with Crippen molar-refractivity contribution in [2.75, 3.05) is 5.32 Å². The molecule has 0 unspecified atom stereocenters. The number of benzene rings is 1. The van der Waals surface area contributed by atoms with Crippen LogP contribution in [-0.2, 0) is 0 Å². The van der Waals surface area contributed by atoms with Crippen molar-refractivity contribution in [3.63, 3.8) is 0 Å². The zero-order chi connectivity index (χ0) is 13.1. The highest BCUT2D eigenvalue weighted by molar-refractivity contribution is 9.10. The first-order valence-corrected chi connectivity index (χ1v) is 6.14. The Hall–Kier alpha value is -1.59. The third kappa shape index (κ3) is 3.00. The second kappa shape index (κ2) is 5.37. The molecule has 18 heavy (non-hydrogen) atoms. The predicted octanol–water partition coefficient (Wildman–Crippen LogP) is 3.46. The summed E-state index contributed by atoms with van der Waals surface area (Å²) >= 11 is 9.18. The highest BCUT2D eigenvalue weighted by atomic mass is 79.9. The molecular weight excluding hydrogens is 320 g/mol. The van der Waals surface area contributed by atoms with Gasteiger partial charge in [0.25, 0.3) is 5.91 Å². The molecule has 0 radical (unpaired) electrons. The van der Waals surface area contributed by atoms with E-state index in [0.717, 1.165) is 4.47 Å². The van der Waals surface area contributed by atoms with Crippen LogP contribution in [0.3, 0.4) is 0 Å². The molecule has 0 atom stereocenters. The Balaban J connectivity index is 2.18. The minimum Gasteiger partial charge on any atom is -0.506 e. The molecule has 0 saturated carbocycles. The van der Waals surface area contributed by atoms with Crippen molar-refractivity contribution in [2.24, 2.45) is 0 Å². The van der Waals surface area contributed by atoms with E-state index in [9.17, 15) is 9.90 Å². The molecule has 92 valence electrons. The molecule has 0 fully saturated rings. The molecule has 2 rings (SSSR count). The zero-order valence-corrected chi connectivity index (χ0v) is 11.4. The minimum absolute atomic E-state index is 0.0588. The molecule has 0 aliphatic carbocycles. The first kappa shape index (κ1) is 12.9. The number of carbonyl (C=O) groups is 1. The summed E-state index contributed by atoms with van der Waals surface area (Å²) in [5.41, 5.74) is 0.839. The third-order valence-electron chi connectivity index (χ3n) is 2.16. The smallest absolute Gasteiger partial charge is 0.257 e. The molecule has 1 aromatic heterocycles. The van der Waals surface area contributed by atoms with Crippen molar-refractivity contribution in [3.8, 4) is 5.75 Å². The van der Waals surface area contributed by atoms with Crippen molar-refractivity contribution < 1.29 is 9.90 Å². The van der Waals surface area contributed by atoms with Gasteiger partial charge in [-0.1, -0.05) is 11.6 Å². The quantitative estimate of drug-likeness (QED) is 0.888. The van der Waals surface area contributed by atoms with E-state index in [1.54, 1.807) is 18.2 Å². The second-order valence-corrected chi connectivity index (χ2v) is 4.78. The van der Waals surface area contributed by atoms with Crippen LogP contribution in [-0.4, -0.2) is 16.0 Å². The molecule has 1 amide bonds. The molecule has 4 nitrogen and oxygen atoms in total. The summed E-state index contributed by atoms with van der Waals surface area (Å²) in [6.45, 7) is 0. The molecule has 6 heteroatoms. The number of nitrogens with zero attached hydrogens (tertiary/aromatic N) is 1. The van der Waals surface area contributed by atoms with Gasteiger partial charge in [0.2, 0.25) is 0 Å². The van der Waals surface area contributed by atoms with Crippen LogP contribution >= 0.6 is 27.5 Å². The Kier molecular flexibility index (Phi) is 3.84. The fraction of sp³-hybridized carbons (Fsp3) is 0. The first-order chi connectivity index (χ1) is 8.56. The Morgan fingerprint density at radius 1 is 1.33 bits per heavy atom. The molecular formula is C12H8BrClN2O2. The van der Waals surface area contributed by atoms with Gasteiger partial charge in [0.1, 0.15) is 5.75 Å². The average Bonchev–Trinajstić information content (AvgIpc) is 2.34. The van der Waals surface area contributed by atoms with E-state index in [4.69, 9.17) is 11.6 Å². The van der Waals surface area contributed by atoms with Crippen molar-refractivity contribution in [1.82, 2.24) is 4.98 Å². The number of rotatable bonds is 2. The summed E-state index contributed by atoms with van der Waals surface area (Å²) in [7, 11) is 0. The van der Waals surface area contributed by atoms with Crippen molar-refractivity contribution >= 4 is 39.1 Å². The highest BCUT2D eigenvalue weighted by Crippen LogP contribution is 2.25. The maximum atomic E-state index is 11.8. The fourth-order valence-electron chi connectivity index (χ4n) is 1.33. The lowest BCUT2D eigenvalue weighted by Gasteiger charge is -2.06. The summed E-state index contributed by atoms with van der Waals surface area (Å²) in [5, 5.41) is 12.4. The Morgan fingerprint density at radius 3 is 2.78 bits per heavy atom. The Morgan fingerprint density at radius 2 is 2.11 bits per heavy atom. The van der Waals surface area contributed by atoms with Crippen LogP contribution in [0.15, 0.2) is 41.1 Å².